The van der Waals surface area contributed by atoms with Crippen molar-refractivity contribution in [1.82, 2.24) is 4.98 Å². The number of aromatic nitrogens is 1. The maximum absolute atomic E-state index is 12.4. The van der Waals surface area contributed by atoms with E-state index in [0.717, 1.165) is 22.4 Å². The molecule has 1 aromatic rings. The monoisotopic (exact) mass is 451 g/mol. The number of hydrogen-bond donors (Lipinski definition) is 1. The number of aliphatic hydroxyl groups excluding tert-OH is 1. The number of cyclic esters (lactones) is 3. The summed E-state index contributed by atoms with van der Waals surface area (Å²) >= 11 is 1.52. The maximum Gasteiger partial charge on any atom is 0.330 e. The van der Waals surface area contributed by atoms with Gasteiger partial charge in [-0.2, -0.15) is 0 Å². The third-order valence-corrected chi connectivity index (χ3v) is 5.43. The van der Waals surface area contributed by atoms with Gasteiger partial charge in [-0.15, -0.1) is 11.3 Å². The Hall–Kier alpha value is -2.52. The van der Waals surface area contributed by atoms with Gasteiger partial charge in [0, 0.05) is 17.9 Å². The summed E-state index contributed by atoms with van der Waals surface area (Å²) < 4.78 is 16.0. The Morgan fingerprint density at radius 2 is 1.94 bits per heavy atom. The molecule has 0 amide bonds. The Kier molecular flexibility index (Phi) is 9.39. The van der Waals surface area contributed by atoms with E-state index in [0.29, 0.717) is 12.8 Å². The van der Waals surface area contributed by atoms with Gasteiger partial charge in [0.15, 0.2) is 0 Å². The average molecular weight is 452 g/mol. The molecule has 0 aliphatic carbocycles. The second kappa shape index (κ2) is 11.8. The summed E-state index contributed by atoms with van der Waals surface area (Å²) in [6.45, 7) is 6.88. The molecule has 0 saturated carbocycles. The molecule has 4 atom stereocenters. The van der Waals surface area contributed by atoms with Crippen LogP contribution in [0, 0.1) is 6.92 Å². The number of hydrogen-bond acceptors (Lipinski definition) is 9. The van der Waals surface area contributed by atoms with E-state index in [4.69, 9.17) is 14.2 Å². The lowest BCUT2D eigenvalue weighted by Crippen LogP contribution is -2.28. The predicted octanol–water partition coefficient (Wildman–Crippen LogP) is 3.12. The summed E-state index contributed by atoms with van der Waals surface area (Å²) in [6.07, 6.45) is 1.72. The lowest BCUT2D eigenvalue weighted by molar-refractivity contribution is -0.154. The Balaban J connectivity index is 2.17. The Labute approximate surface area is 185 Å². The third-order valence-electron chi connectivity index (χ3n) is 4.64. The topological polar surface area (TPSA) is 112 Å². The van der Waals surface area contributed by atoms with Gasteiger partial charge < -0.3 is 19.3 Å². The standard InChI is InChI=1S/C22H29NO7S/c1-13(10-17-12-31-16(4)23-17)19-6-5-7-20(25)29-15(3)18(24)8-9-21(26)28-14(2)11-22(27)30-19/h8-10,12,14-15,18-19,24H,5-7,11H2,1-4H3/b9-8+,13-10+/t14-,15-,18+,19+/m0/s1. The minimum absolute atomic E-state index is 0.107. The average Bonchev–Trinajstić information content (AvgIpc) is 3.08. The van der Waals surface area contributed by atoms with E-state index in [-0.39, 0.29) is 12.8 Å². The summed E-state index contributed by atoms with van der Waals surface area (Å²) in [5.41, 5.74) is 1.57. The van der Waals surface area contributed by atoms with E-state index in [1.165, 1.54) is 24.3 Å². The van der Waals surface area contributed by atoms with Gasteiger partial charge in [0.25, 0.3) is 0 Å². The second-order valence-electron chi connectivity index (χ2n) is 7.55. The number of nitrogens with zero attached hydrogens (tertiary/aromatic N) is 1. The molecule has 0 aromatic carbocycles. The number of rotatable bonds is 2. The van der Waals surface area contributed by atoms with Crippen LogP contribution in [0.15, 0.2) is 23.1 Å². The number of carbonyl (C=O) groups excluding carboxylic acids is 3. The van der Waals surface area contributed by atoms with Crippen molar-refractivity contribution < 1.29 is 33.7 Å². The van der Waals surface area contributed by atoms with Crippen molar-refractivity contribution in [3.8, 4) is 0 Å². The third kappa shape index (κ3) is 8.63. The number of aryl methyl sites for hydroxylation is 1. The molecular formula is C22H29NO7S. The molecule has 1 aliphatic heterocycles. The molecule has 2 rings (SSSR count). The highest BCUT2D eigenvalue weighted by Gasteiger charge is 2.22. The van der Waals surface area contributed by atoms with E-state index in [9.17, 15) is 19.5 Å². The van der Waals surface area contributed by atoms with Gasteiger partial charge in [-0.05, 0) is 58.3 Å². The maximum atomic E-state index is 12.4. The van der Waals surface area contributed by atoms with Crippen LogP contribution < -0.4 is 0 Å². The molecule has 2 heterocycles. The summed E-state index contributed by atoms with van der Waals surface area (Å²) in [5, 5.41) is 12.9. The van der Waals surface area contributed by atoms with Crippen molar-refractivity contribution in [2.24, 2.45) is 0 Å². The Morgan fingerprint density at radius 3 is 2.61 bits per heavy atom. The summed E-state index contributed by atoms with van der Waals surface area (Å²) in [7, 11) is 0. The molecule has 0 spiro atoms. The fourth-order valence-corrected chi connectivity index (χ4v) is 3.54. The van der Waals surface area contributed by atoms with Crippen molar-refractivity contribution in [1.29, 1.82) is 0 Å². The Bertz CT molecular complexity index is 845. The quantitative estimate of drug-likeness (QED) is 0.539. The lowest BCUT2D eigenvalue weighted by Gasteiger charge is -2.21. The van der Waals surface area contributed by atoms with E-state index in [1.807, 2.05) is 25.3 Å². The fourth-order valence-electron chi connectivity index (χ4n) is 2.97. The molecule has 170 valence electrons. The van der Waals surface area contributed by atoms with E-state index in [2.05, 4.69) is 4.98 Å². The largest absolute Gasteiger partial charge is 0.460 e. The SMILES string of the molecule is C/C(=C\c1csc(C)n1)[C@H]1CCCC(=O)O[C@@H](C)[C@H](O)/C=C/C(=O)O[C@@H](C)CC(=O)O1. The van der Waals surface area contributed by atoms with Crippen LogP contribution in [0.1, 0.15) is 57.2 Å². The molecule has 0 unspecified atom stereocenters. The van der Waals surface area contributed by atoms with Crippen LogP contribution in [0.3, 0.4) is 0 Å². The summed E-state index contributed by atoms with van der Waals surface area (Å²) in [4.78, 5) is 40.8. The highest BCUT2D eigenvalue weighted by atomic mass is 32.1. The smallest absolute Gasteiger partial charge is 0.330 e. The van der Waals surface area contributed by atoms with Gasteiger partial charge in [0.1, 0.15) is 24.4 Å². The molecule has 0 fully saturated rings. The molecule has 1 N–H and O–H groups in total. The zero-order valence-corrected chi connectivity index (χ0v) is 19.0. The van der Waals surface area contributed by atoms with E-state index >= 15 is 0 Å². The van der Waals surface area contributed by atoms with Crippen LogP contribution >= 0.6 is 11.3 Å². The molecule has 31 heavy (non-hydrogen) atoms. The first kappa shape index (κ1) is 24.7. The minimum Gasteiger partial charge on any atom is -0.460 e. The molecule has 8 nitrogen and oxygen atoms in total. The minimum atomic E-state index is -1.15. The van der Waals surface area contributed by atoms with Crippen LogP contribution in [0.2, 0.25) is 0 Å². The summed E-state index contributed by atoms with van der Waals surface area (Å²) in [5.74, 6) is -1.71. The second-order valence-corrected chi connectivity index (χ2v) is 8.61. The van der Waals surface area contributed by atoms with Gasteiger partial charge in [-0.3, -0.25) is 9.59 Å². The van der Waals surface area contributed by atoms with E-state index in [1.54, 1.807) is 6.92 Å². The first-order valence-electron chi connectivity index (χ1n) is 10.2. The highest BCUT2D eigenvalue weighted by Crippen LogP contribution is 2.20. The van der Waals surface area contributed by atoms with Crippen LogP contribution in [-0.4, -0.2) is 52.4 Å². The fraction of sp³-hybridized carbons (Fsp3) is 0.545. The molecule has 1 aliphatic rings. The number of thiazole rings is 1. The van der Waals surface area contributed by atoms with Gasteiger partial charge >= 0.3 is 17.9 Å². The zero-order chi connectivity index (χ0) is 23.0. The predicted molar refractivity (Wildman–Crippen MR) is 115 cm³/mol. The van der Waals surface area contributed by atoms with Gasteiger partial charge in [0.2, 0.25) is 0 Å². The number of esters is 3. The normalized spacial score (nSPS) is 28.4. The van der Waals surface area contributed by atoms with Crippen molar-refractivity contribution in [2.75, 3.05) is 0 Å². The zero-order valence-electron chi connectivity index (χ0n) is 18.2. The van der Waals surface area contributed by atoms with Gasteiger partial charge in [-0.1, -0.05) is 0 Å². The van der Waals surface area contributed by atoms with Crippen LogP contribution in [-0.2, 0) is 28.6 Å². The van der Waals surface area contributed by atoms with Gasteiger partial charge in [0.05, 0.1) is 17.1 Å². The molecule has 1 aromatic heterocycles. The van der Waals surface area contributed by atoms with Gasteiger partial charge in [-0.25, -0.2) is 9.78 Å². The molecule has 0 bridgehead atoms. The summed E-state index contributed by atoms with van der Waals surface area (Å²) in [6, 6.07) is 0. The van der Waals surface area contributed by atoms with Crippen molar-refractivity contribution in [3.05, 3.63) is 33.8 Å². The van der Waals surface area contributed by atoms with Crippen LogP contribution in [0.5, 0.6) is 0 Å². The molecular weight excluding hydrogens is 422 g/mol. The number of ether oxygens (including phenoxy) is 3. The molecule has 0 saturated heterocycles. The molecule has 0 radical (unpaired) electrons. The van der Waals surface area contributed by atoms with Crippen molar-refractivity contribution >= 4 is 35.3 Å². The highest BCUT2D eigenvalue weighted by molar-refractivity contribution is 7.09. The molecule has 9 heteroatoms. The van der Waals surface area contributed by atoms with Crippen LogP contribution in [0.25, 0.3) is 6.08 Å². The number of aliphatic hydroxyl groups is 1. The Morgan fingerprint density at radius 1 is 1.19 bits per heavy atom. The van der Waals surface area contributed by atoms with E-state index < -0.39 is 42.3 Å². The van der Waals surface area contributed by atoms with Crippen LogP contribution in [0.4, 0.5) is 0 Å². The lowest BCUT2D eigenvalue weighted by atomic mass is 10.0. The van der Waals surface area contributed by atoms with Crippen molar-refractivity contribution in [3.63, 3.8) is 0 Å². The van der Waals surface area contributed by atoms with Crippen molar-refractivity contribution in [2.45, 2.75) is 77.8 Å². The first-order valence-corrected chi connectivity index (χ1v) is 11.1. The number of carbonyl (C=O) groups is 3. The first-order chi connectivity index (χ1) is 14.6.